The lowest BCUT2D eigenvalue weighted by Crippen LogP contribution is -2.27. The van der Waals surface area contributed by atoms with Crippen molar-refractivity contribution in [2.24, 2.45) is 0 Å². The number of rotatable bonds is 1. The highest BCUT2D eigenvalue weighted by Gasteiger charge is 2.01. The third-order valence-corrected chi connectivity index (χ3v) is 0.294. The fourth-order valence-corrected chi connectivity index (χ4v) is 0.108. The topological polar surface area (TPSA) is 96.0 Å². The highest BCUT2D eigenvalue weighted by molar-refractivity contribution is 5.90. The number of nitriles is 1. The fourth-order valence-electron chi connectivity index (χ4n) is 0.108. The van der Waals surface area contributed by atoms with Gasteiger partial charge in [0, 0.05) is 0 Å². The third kappa shape index (κ3) is 2.59. The number of nitrogens with zero attached hydrogens (tertiary/aromatic N) is 2. The van der Waals surface area contributed by atoms with Crippen LogP contribution in [-0.2, 0) is 4.79 Å². The SMILES string of the molecule is N#CC(=O)N[N+](=O)[O-]. The van der Waals surface area contributed by atoms with Crippen LogP contribution in [0.4, 0.5) is 0 Å². The molecule has 0 heterocycles. The maximum Gasteiger partial charge on any atom is 0.380 e. The average Bonchev–Trinajstić information content (AvgIpc) is 1.65. The minimum atomic E-state index is -1.27. The molecule has 0 spiro atoms. The van der Waals surface area contributed by atoms with Gasteiger partial charge < -0.3 is 0 Å². The molecule has 1 amide bonds. The number of hydrogen-bond acceptors (Lipinski definition) is 4. The molecule has 0 rings (SSSR count). The largest absolute Gasteiger partial charge is 0.380 e. The Morgan fingerprint density at radius 2 is 2.38 bits per heavy atom. The summed E-state index contributed by atoms with van der Waals surface area (Å²) in [5.41, 5.74) is 1.11. The summed E-state index contributed by atoms with van der Waals surface area (Å²) in [7, 11) is 0. The van der Waals surface area contributed by atoms with Crippen LogP contribution in [0.3, 0.4) is 0 Å². The Labute approximate surface area is 43.8 Å². The summed E-state index contributed by atoms with van der Waals surface area (Å²) in [4.78, 5) is 19.0. The minimum Gasteiger partial charge on any atom is -0.251 e. The molecule has 6 heteroatoms. The number of nitrogens with one attached hydrogen (secondary N) is 1. The van der Waals surface area contributed by atoms with Crippen LogP contribution >= 0.6 is 0 Å². The van der Waals surface area contributed by atoms with E-state index in [1.165, 1.54) is 0 Å². The molecule has 0 aliphatic rings. The Hall–Kier alpha value is -1.64. The van der Waals surface area contributed by atoms with Crippen LogP contribution in [0.5, 0.6) is 0 Å². The molecule has 0 unspecified atom stereocenters. The van der Waals surface area contributed by atoms with Crippen molar-refractivity contribution in [1.82, 2.24) is 5.43 Å². The summed E-state index contributed by atoms with van der Waals surface area (Å²) < 4.78 is 0. The number of amides is 1. The molecule has 0 aliphatic carbocycles. The molecule has 0 radical (unpaired) electrons. The lowest BCUT2D eigenvalue weighted by molar-refractivity contribution is -0.529. The smallest absolute Gasteiger partial charge is 0.251 e. The van der Waals surface area contributed by atoms with Gasteiger partial charge in [0.2, 0.25) is 0 Å². The van der Waals surface area contributed by atoms with Gasteiger partial charge in [-0.1, -0.05) is 5.43 Å². The Bertz CT molecular complexity index is 156. The Morgan fingerprint density at radius 3 is 2.50 bits per heavy atom. The Kier molecular flexibility index (Phi) is 2.00. The first-order valence-electron chi connectivity index (χ1n) is 1.52. The summed E-state index contributed by atoms with van der Waals surface area (Å²) >= 11 is 0. The highest BCUT2D eigenvalue weighted by atomic mass is 16.7. The van der Waals surface area contributed by atoms with Gasteiger partial charge in [-0.2, -0.15) is 5.26 Å². The summed E-state index contributed by atoms with van der Waals surface area (Å²) in [6.45, 7) is 0. The fraction of sp³-hybridized carbons (Fsp3) is 0. The van der Waals surface area contributed by atoms with E-state index in [4.69, 9.17) is 5.26 Å². The maximum atomic E-state index is 9.71. The van der Waals surface area contributed by atoms with Crippen LogP contribution < -0.4 is 5.43 Å². The van der Waals surface area contributed by atoms with Crippen LogP contribution in [0.1, 0.15) is 0 Å². The number of hydrogen-bond donors (Lipinski definition) is 1. The highest BCUT2D eigenvalue weighted by Crippen LogP contribution is 1.58. The standard InChI is InChI=1S/C2HN3O3/c3-1-2(6)4-5(7)8/h(H,4,6). The van der Waals surface area contributed by atoms with Crippen molar-refractivity contribution in [3.8, 4) is 6.07 Å². The average molecular weight is 115 g/mol. The Balaban J connectivity index is 3.61. The second-order valence-corrected chi connectivity index (χ2v) is 0.810. The zero-order valence-corrected chi connectivity index (χ0v) is 3.62. The van der Waals surface area contributed by atoms with Crippen LogP contribution in [0.2, 0.25) is 0 Å². The van der Waals surface area contributed by atoms with E-state index in [0.29, 0.717) is 0 Å². The van der Waals surface area contributed by atoms with Crippen LogP contribution in [-0.4, -0.2) is 10.9 Å². The third-order valence-electron chi connectivity index (χ3n) is 0.294. The molecular formula is C2HN3O3. The molecule has 0 aromatic rings. The predicted octanol–water partition coefficient (Wildman–Crippen LogP) is -1.18. The van der Waals surface area contributed by atoms with Crippen molar-refractivity contribution in [2.45, 2.75) is 0 Å². The number of nitro groups is 1. The first-order chi connectivity index (χ1) is 3.66. The van der Waals surface area contributed by atoms with Gasteiger partial charge in [0.1, 0.15) is 0 Å². The summed E-state index contributed by atoms with van der Waals surface area (Å²) in [6.07, 6.45) is 0. The van der Waals surface area contributed by atoms with Gasteiger partial charge >= 0.3 is 5.91 Å². The van der Waals surface area contributed by atoms with E-state index in [-0.39, 0.29) is 0 Å². The first-order valence-corrected chi connectivity index (χ1v) is 1.52. The molecule has 0 aliphatic heterocycles. The van der Waals surface area contributed by atoms with Gasteiger partial charge in [0.15, 0.2) is 11.1 Å². The summed E-state index contributed by atoms with van der Waals surface area (Å²) in [5.74, 6) is -1.27. The Morgan fingerprint density at radius 1 is 1.88 bits per heavy atom. The molecule has 0 aromatic heterocycles. The van der Waals surface area contributed by atoms with E-state index in [0.717, 1.165) is 11.5 Å². The van der Waals surface area contributed by atoms with Gasteiger partial charge in [-0.3, -0.25) is 4.79 Å². The second-order valence-electron chi connectivity index (χ2n) is 0.810. The van der Waals surface area contributed by atoms with Gasteiger partial charge in [-0.05, 0) is 0 Å². The van der Waals surface area contributed by atoms with Gasteiger partial charge in [-0.25, -0.2) is 10.1 Å². The van der Waals surface area contributed by atoms with Gasteiger partial charge in [-0.15, -0.1) is 0 Å². The molecule has 0 aromatic carbocycles. The van der Waals surface area contributed by atoms with E-state index in [9.17, 15) is 14.9 Å². The monoisotopic (exact) mass is 115 g/mol. The first kappa shape index (κ1) is 6.36. The number of carbonyl (C=O) groups is 1. The van der Waals surface area contributed by atoms with E-state index < -0.39 is 10.9 Å². The number of hydrazine groups is 1. The normalized spacial score (nSPS) is 6.88. The molecule has 0 saturated carbocycles. The van der Waals surface area contributed by atoms with Gasteiger partial charge in [0.25, 0.3) is 0 Å². The van der Waals surface area contributed by atoms with E-state index in [1.807, 2.05) is 0 Å². The zero-order valence-electron chi connectivity index (χ0n) is 3.62. The molecule has 8 heavy (non-hydrogen) atoms. The minimum absolute atomic E-state index is 1.00. The van der Waals surface area contributed by atoms with Gasteiger partial charge in [0.05, 0.1) is 0 Å². The molecule has 0 saturated heterocycles. The van der Waals surface area contributed by atoms with Crippen molar-refractivity contribution < 1.29 is 9.83 Å². The van der Waals surface area contributed by atoms with Crippen molar-refractivity contribution in [2.75, 3.05) is 0 Å². The van der Waals surface area contributed by atoms with E-state index in [1.54, 1.807) is 0 Å². The summed E-state index contributed by atoms with van der Waals surface area (Å²) in [6, 6.07) is 1.00. The second kappa shape index (κ2) is 2.52. The van der Waals surface area contributed by atoms with Crippen molar-refractivity contribution >= 4 is 5.91 Å². The van der Waals surface area contributed by atoms with Crippen LogP contribution in [0.15, 0.2) is 0 Å². The van der Waals surface area contributed by atoms with Crippen molar-refractivity contribution in [3.63, 3.8) is 0 Å². The molecule has 0 atom stereocenters. The molecular weight excluding hydrogens is 114 g/mol. The number of carbonyl (C=O) groups excluding carboxylic acids is 1. The van der Waals surface area contributed by atoms with E-state index in [2.05, 4.69) is 0 Å². The predicted molar refractivity (Wildman–Crippen MR) is 20.8 cm³/mol. The summed E-state index contributed by atoms with van der Waals surface area (Å²) in [5, 5.41) is 15.8. The van der Waals surface area contributed by atoms with Crippen LogP contribution in [0, 0.1) is 21.4 Å². The lowest BCUT2D eigenvalue weighted by atomic mass is 10.7. The zero-order chi connectivity index (χ0) is 6.57. The van der Waals surface area contributed by atoms with Crippen molar-refractivity contribution in [3.05, 3.63) is 10.1 Å². The lowest BCUT2D eigenvalue weighted by Gasteiger charge is -1.81. The molecule has 42 valence electrons. The quantitative estimate of drug-likeness (QED) is 0.264. The van der Waals surface area contributed by atoms with Crippen LogP contribution in [0.25, 0.3) is 0 Å². The molecule has 6 nitrogen and oxygen atoms in total. The van der Waals surface area contributed by atoms with E-state index >= 15 is 0 Å². The maximum absolute atomic E-state index is 9.71. The molecule has 0 fully saturated rings. The molecule has 1 N–H and O–H groups in total. The van der Waals surface area contributed by atoms with Crippen molar-refractivity contribution in [1.29, 1.82) is 5.26 Å². The molecule has 0 bridgehead atoms.